The van der Waals surface area contributed by atoms with Crippen molar-refractivity contribution in [3.8, 4) is 0 Å². The molecule has 0 aliphatic carbocycles. The molecule has 0 aromatic carbocycles. The van der Waals surface area contributed by atoms with E-state index < -0.39 is 0 Å². The Bertz CT molecular complexity index is 603. The molecule has 2 aromatic heterocycles. The van der Waals surface area contributed by atoms with Crippen molar-refractivity contribution in [2.75, 3.05) is 31.1 Å². The third-order valence-electron chi connectivity index (χ3n) is 3.38. The molecule has 0 saturated carbocycles. The summed E-state index contributed by atoms with van der Waals surface area (Å²) in [5.74, 6) is 0.0244. The maximum atomic E-state index is 12.4. The van der Waals surface area contributed by atoms with Crippen molar-refractivity contribution in [3.63, 3.8) is 0 Å². The minimum Gasteiger partial charge on any atom is -0.345 e. The van der Waals surface area contributed by atoms with Gasteiger partial charge >= 0.3 is 0 Å². The van der Waals surface area contributed by atoms with Gasteiger partial charge in [0.05, 0.1) is 5.02 Å². The van der Waals surface area contributed by atoms with Crippen molar-refractivity contribution >= 4 is 34.2 Å². The molecule has 0 N–H and O–H groups in total. The van der Waals surface area contributed by atoms with Gasteiger partial charge in [0, 0.05) is 51.0 Å². The van der Waals surface area contributed by atoms with Crippen LogP contribution < -0.4 is 4.90 Å². The topological polar surface area (TPSA) is 54.3 Å². The quantitative estimate of drug-likeness (QED) is 0.843. The SMILES string of the molecule is Cn1cc(Cl)cc1C(=O)N1CCN(c2ncns2)CC1. The predicted molar refractivity (Wildman–Crippen MR) is 78.4 cm³/mol. The fraction of sp³-hybridized carbons (Fsp3) is 0.417. The molecule has 0 spiro atoms. The molecule has 6 nitrogen and oxygen atoms in total. The maximum Gasteiger partial charge on any atom is 0.270 e. The zero-order chi connectivity index (χ0) is 14.1. The van der Waals surface area contributed by atoms with E-state index in [0.717, 1.165) is 18.2 Å². The van der Waals surface area contributed by atoms with E-state index >= 15 is 0 Å². The van der Waals surface area contributed by atoms with Crippen LogP contribution in [0.2, 0.25) is 5.02 Å². The van der Waals surface area contributed by atoms with Crippen molar-refractivity contribution in [1.82, 2.24) is 18.8 Å². The van der Waals surface area contributed by atoms with E-state index in [0.29, 0.717) is 23.8 Å². The van der Waals surface area contributed by atoms with Gasteiger partial charge in [-0.2, -0.15) is 4.37 Å². The Labute approximate surface area is 125 Å². The molecule has 0 bridgehead atoms. The highest BCUT2D eigenvalue weighted by molar-refractivity contribution is 7.09. The van der Waals surface area contributed by atoms with Crippen molar-refractivity contribution in [2.45, 2.75) is 0 Å². The van der Waals surface area contributed by atoms with Crippen LogP contribution in [0.1, 0.15) is 10.5 Å². The lowest BCUT2D eigenvalue weighted by Gasteiger charge is -2.34. The van der Waals surface area contributed by atoms with Crippen LogP contribution in [-0.4, -0.2) is 50.9 Å². The number of rotatable bonds is 2. The Kier molecular flexibility index (Phi) is 3.62. The lowest BCUT2D eigenvalue weighted by atomic mass is 10.3. The minimum atomic E-state index is 0.0244. The van der Waals surface area contributed by atoms with Crippen LogP contribution in [0.15, 0.2) is 18.6 Å². The highest BCUT2D eigenvalue weighted by Gasteiger charge is 2.25. The van der Waals surface area contributed by atoms with E-state index in [1.54, 1.807) is 23.2 Å². The first kappa shape index (κ1) is 13.4. The molecule has 106 valence electrons. The first-order chi connectivity index (χ1) is 9.65. The molecule has 1 fully saturated rings. The number of carbonyl (C=O) groups is 1. The minimum absolute atomic E-state index is 0.0244. The zero-order valence-electron chi connectivity index (χ0n) is 11.0. The van der Waals surface area contributed by atoms with E-state index in [4.69, 9.17) is 11.6 Å². The summed E-state index contributed by atoms with van der Waals surface area (Å²) in [6.07, 6.45) is 3.30. The lowest BCUT2D eigenvalue weighted by molar-refractivity contribution is 0.0737. The fourth-order valence-corrected chi connectivity index (χ4v) is 3.14. The van der Waals surface area contributed by atoms with E-state index in [1.165, 1.54) is 11.5 Å². The second-order valence-electron chi connectivity index (χ2n) is 4.66. The van der Waals surface area contributed by atoms with Crippen molar-refractivity contribution in [3.05, 3.63) is 29.3 Å². The number of halogens is 1. The summed E-state index contributed by atoms with van der Waals surface area (Å²) >= 11 is 7.31. The molecule has 3 rings (SSSR count). The molecule has 0 unspecified atom stereocenters. The van der Waals surface area contributed by atoms with Crippen molar-refractivity contribution in [2.24, 2.45) is 7.05 Å². The van der Waals surface area contributed by atoms with Crippen LogP contribution in [0.25, 0.3) is 0 Å². The number of anilines is 1. The first-order valence-electron chi connectivity index (χ1n) is 6.28. The summed E-state index contributed by atoms with van der Waals surface area (Å²) in [5.41, 5.74) is 0.624. The monoisotopic (exact) mass is 311 g/mol. The fourth-order valence-electron chi connectivity index (χ4n) is 2.31. The number of hydrogen-bond acceptors (Lipinski definition) is 5. The standard InChI is InChI=1S/C12H14ClN5OS/c1-16-7-9(13)6-10(16)11(19)17-2-4-18(5-3-17)12-14-8-15-20-12/h6-8H,2-5H2,1H3. The summed E-state index contributed by atoms with van der Waals surface area (Å²) in [6, 6.07) is 1.71. The van der Waals surface area contributed by atoms with Gasteiger partial charge in [0.25, 0.3) is 5.91 Å². The first-order valence-corrected chi connectivity index (χ1v) is 7.43. The van der Waals surface area contributed by atoms with E-state index in [9.17, 15) is 4.79 Å². The molecular formula is C12H14ClN5OS. The summed E-state index contributed by atoms with van der Waals surface area (Å²) in [5, 5.41) is 1.50. The molecule has 1 aliphatic rings. The van der Waals surface area contributed by atoms with Gasteiger partial charge in [-0.1, -0.05) is 11.6 Å². The predicted octanol–water partition coefficient (Wildman–Crippen LogP) is 1.49. The molecule has 2 aromatic rings. The van der Waals surface area contributed by atoms with Gasteiger partial charge in [0.15, 0.2) is 0 Å². The number of piperazine rings is 1. The van der Waals surface area contributed by atoms with E-state index in [2.05, 4.69) is 14.3 Å². The van der Waals surface area contributed by atoms with Crippen LogP contribution in [0.3, 0.4) is 0 Å². The number of aromatic nitrogens is 3. The Morgan fingerprint density at radius 3 is 2.65 bits per heavy atom. The molecule has 1 amide bonds. The summed E-state index contributed by atoms with van der Waals surface area (Å²) < 4.78 is 5.77. The molecule has 0 atom stereocenters. The average Bonchev–Trinajstić information content (AvgIpc) is 3.08. The molecule has 8 heteroatoms. The highest BCUT2D eigenvalue weighted by atomic mass is 35.5. The van der Waals surface area contributed by atoms with Gasteiger partial charge in [-0.25, -0.2) is 4.98 Å². The van der Waals surface area contributed by atoms with Crippen LogP contribution in [0.4, 0.5) is 5.13 Å². The van der Waals surface area contributed by atoms with Crippen LogP contribution in [0.5, 0.6) is 0 Å². The van der Waals surface area contributed by atoms with Crippen molar-refractivity contribution in [1.29, 1.82) is 0 Å². The van der Waals surface area contributed by atoms with E-state index in [1.807, 2.05) is 11.9 Å². The van der Waals surface area contributed by atoms with Gasteiger partial charge in [0.1, 0.15) is 12.0 Å². The number of carbonyl (C=O) groups excluding carboxylic acids is 1. The maximum absolute atomic E-state index is 12.4. The Morgan fingerprint density at radius 2 is 2.10 bits per heavy atom. The molecule has 0 radical (unpaired) electrons. The number of nitrogens with zero attached hydrogens (tertiary/aromatic N) is 5. The number of aryl methyl sites for hydroxylation is 1. The zero-order valence-corrected chi connectivity index (χ0v) is 12.6. The van der Waals surface area contributed by atoms with Gasteiger partial charge < -0.3 is 14.4 Å². The van der Waals surface area contributed by atoms with Crippen molar-refractivity contribution < 1.29 is 4.79 Å². The van der Waals surface area contributed by atoms with E-state index in [-0.39, 0.29) is 5.91 Å². The molecular weight excluding hydrogens is 298 g/mol. The highest BCUT2D eigenvalue weighted by Crippen LogP contribution is 2.19. The normalized spacial score (nSPS) is 15.7. The molecule has 1 saturated heterocycles. The van der Waals surface area contributed by atoms with Gasteiger partial charge in [-0.3, -0.25) is 4.79 Å². The van der Waals surface area contributed by atoms with Gasteiger partial charge in [-0.05, 0) is 6.07 Å². The van der Waals surface area contributed by atoms with Crippen LogP contribution in [0, 0.1) is 0 Å². The second kappa shape index (κ2) is 5.41. The Hall–Kier alpha value is -1.60. The van der Waals surface area contributed by atoms with Crippen LogP contribution in [-0.2, 0) is 7.05 Å². The third kappa shape index (κ3) is 2.51. The Balaban J connectivity index is 1.66. The average molecular weight is 312 g/mol. The summed E-state index contributed by atoms with van der Waals surface area (Å²) in [4.78, 5) is 20.6. The largest absolute Gasteiger partial charge is 0.345 e. The Morgan fingerprint density at radius 1 is 1.35 bits per heavy atom. The number of hydrogen-bond donors (Lipinski definition) is 0. The summed E-state index contributed by atoms with van der Waals surface area (Å²) in [7, 11) is 1.83. The lowest BCUT2D eigenvalue weighted by Crippen LogP contribution is -2.49. The second-order valence-corrected chi connectivity index (χ2v) is 5.85. The smallest absolute Gasteiger partial charge is 0.270 e. The van der Waals surface area contributed by atoms with Crippen LogP contribution >= 0.6 is 23.1 Å². The third-order valence-corrected chi connectivity index (χ3v) is 4.31. The van der Waals surface area contributed by atoms with Gasteiger partial charge in [0.2, 0.25) is 5.13 Å². The number of amides is 1. The molecule has 20 heavy (non-hydrogen) atoms. The molecule has 1 aliphatic heterocycles. The summed E-state index contributed by atoms with van der Waals surface area (Å²) in [6.45, 7) is 2.92. The van der Waals surface area contributed by atoms with Gasteiger partial charge in [-0.15, -0.1) is 0 Å². The molecule has 3 heterocycles.